The molecule has 0 bridgehead atoms. The molecule has 1 fully saturated rings. The van der Waals surface area contributed by atoms with E-state index >= 15 is 0 Å². The van der Waals surface area contributed by atoms with Crippen LogP contribution in [0.25, 0.3) is 0 Å². The molecule has 1 heterocycles. The Balaban J connectivity index is 2.53. The molecule has 2 unspecified atom stereocenters. The number of nitrogens with one attached hydrogen (secondary N) is 1. The lowest BCUT2D eigenvalue weighted by atomic mass is 9.98. The van der Waals surface area contributed by atoms with Crippen LogP contribution in [0, 0.1) is 0 Å². The number of aliphatic hydroxyl groups excluding tert-OH is 1. The third-order valence-corrected chi connectivity index (χ3v) is 3.77. The average molecular weight is 257 g/mol. The fraction of sp³-hybridized carbons (Fsp3) is 1.00. The maximum atomic E-state index is 9.64. The smallest absolute Gasteiger partial charge is 0.0623 e. The zero-order valence-electron chi connectivity index (χ0n) is 12.7. The molecule has 2 atom stereocenters. The molecule has 18 heavy (non-hydrogen) atoms. The molecule has 0 radical (unpaired) electrons. The summed E-state index contributed by atoms with van der Waals surface area (Å²) in [6.45, 7) is 9.76. The van der Waals surface area contributed by atoms with Crippen LogP contribution < -0.4 is 5.32 Å². The Kier molecular flexibility index (Phi) is 6.05. The Morgan fingerprint density at radius 3 is 2.61 bits per heavy atom. The number of likely N-dealkylation sites (tertiary alicyclic amines) is 1. The quantitative estimate of drug-likeness (QED) is 0.737. The fourth-order valence-electron chi connectivity index (χ4n) is 2.93. The van der Waals surface area contributed by atoms with Gasteiger partial charge in [-0.2, -0.15) is 0 Å². The first-order valence-corrected chi connectivity index (χ1v) is 7.13. The highest BCUT2D eigenvalue weighted by atomic mass is 16.3. The van der Waals surface area contributed by atoms with Crippen LogP contribution in [0.3, 0.4) is 0 Å². The molecule has 0 amide bonds. The lowest BCUT2D eigenvalue weighted by Crippen LogP contribution is -2.58. The molecule has 0 aromatic heterocycles. The molecule has 1 aliphatic heterocycles. The first-order chi connectivity index (χ1) is 8.36. The van der Waals surface area contributed by atoms with Gasteiger partial charge in [-0.25, -0.2) is 0 Å². The summed E-state index contributed by atoms with van der Waals surface area (Å²) in [5.74, 6) is 0. The Morgan fingerprint density at radius 1 is 1.44 bits per heavy atom. The van der Waals surface area contributed by atoms with E-state index in [0.29, 0.717) is 12.1 Å². The molecule has 1 aliphatic rings. The molecule has 0 saturated carbocycles. The third-order valence-electron chi connectivity index (χ3n) is 3.77. The van der Waals surface area contributed by atoms with Gasteiger partial charge in [0.1, 0.15) is 0 Å². The van der Waals surface area contributed by atoms with Gasteiger partial charge in [0.05, 0.1) is 12.1 Å². The van der Waals surface area contributed by atoms with Gasteiger partial charge in [0.25, 0.3) is 0 Å². The van der Waals surface area contributed by atoms with E-state index in [9.17, 15) is 5.11 Å². The number of nitrogens with zero attached hydrogens (tertiary/aromatic N) is 2. The Morgan fingerprint density at radius 2 is 2.11 bits per heavy atom. The zero-order chi connectivity index (χ0) is 13.8. The minimum atomic E-state index is -0.192. The Hall–Kier alpha value is -0.160. The molecular formula is C14H31N3O. The summed E-state index contributed by atoms with van der Waals surface area (Å²) >= 11 is 0. The van der Waals surface area contributed by atoms with E-state index in [0.717, 1.165) is 19.6 Å². The predicted molar refractivity (Wildman–Crippen MR) is 76.9 cm³/mol. The normalized spacial score (nSPS) is 25.7. The molecule has 1 saturated heterocycles. The number of aliphatic hydroxyl groups is 1. The minimum Gasteiger partial charge on any atom is -0.394 e. The number of piperidine rings is 1. The lowest BCUT2D eigenvalue weighted by molar-refractivity contribution is 0.0745. The summed E-state index contributed by atoms with van der Waals surface area (Å²) in [6.07, 6.45) is 2.54. The standard InChI is InChI=1S/C14H31N3O/c1-12(2)15-14(3,11-18)10-17-8-6-7-13(9-17)16(4)5/h12-13,15,18H,6-11H2,1-5H3. The van der Waals surface area contributed by atoms with Crippen molar-refractivity contribution in [3.05, 3.63) is 0 Å². The second-order valence-corrected chi connectivity index (χ2v) is 6.51. The number of rotatable bonds is 6. The van der Waals surface area contributed by atoms with Crippen molar-refractivity contribution in [2.75, 3.05) is 40.3 Å². The van der Waals surface area contributed by atoms with Crippen molar-refractivity contribution in [2.45, 2.75) is 51.2 Å². The van der Waals surface area contributed by atoms with Gasteiger partial charge in [-0.1, -0.05) is 13.8 Å². The number of likely N-dealkylation sites (N-methyl/N-ethyl adjacent to an activating group) is 1. The van der Waals surface area contributed by atoms with Gasteiger partial charge >= 0.3 is 0 Å². The molecule has 108 valence electrons. The fourth-order valence-corrected chi connectivity index (χ4v) is 2.93. The number of hydrogen-bond donors (Lipinski definition) is 2. The molecule has 2 N–H and O–H groups in total. The van der Waals surface area contributed by atoms with E-state index in [4.69, 9.17) is 0 Å². The molecule has 0 aromatic rings. The molecule has 0 aliphatic carbocycles. The van der Waals surface area contributed by atoms with Crippen LogP contribution >= 0.6 is 0 Å². The molecule has 0 aromatic carbocycles. The van der Waals surface area contributed by atoms with Crippen molar-refractivity contribution in [1.29, 1.82) is 0 Å². The van der Waals surface area contributed by atoms with E-state index in [2.05, 4.69) is 50.0 Å². The second kappa shape index (κ2) is 6.85. The monoisotopic (exact) mass is 257 g/mol. The predicted octanol–water partition coefficient (Wildman–Crippen LogP) is 0.761. The molecule has 4 heteroatoms. The van der Waals surface area contributed by atoms with Gasteiger partial charge < -0.3 is 15.3 Å². The van der Waals surface area contributed by atoms with Crippen LogP contribution in [-0.2, 0) is 0 Å². The van der Waals surface area contributed by atoms with Crippen LogP contribution in [0.5, 0.6) is 0 Å². The highest BCUT2D eigenvalue weighted by molar-refractivity contribution is 4.90. The second-order valence-electron chi connectivity index (χ2n) is 6.51. The van der Waals surface area contributed by atoms with Gasteiger partial charge in [-0.3, -0.25) is 4.90 Å². The summed E-state index contributed by atoms with van der Waals surface area (Å²) in [5.41, 5.74) is -0.192. The van der Waals surface area contributed by atoms with Crippen LogP contribution in [0.4, 0.5) is 0 Å². The molecular weight excluding hydrogens is 226 g/mol. The zero-order valence-corrected chi connectivity index (χ0v) is 12.7. The van der Waals surface area contributed by atoms with Gasteiger partial charge in [0.15, 0.2) is 0 Å². The van der Waals surface area contributed by atoms with Crippen LogP contribution in [0.2, 0.25) is 0 Å². The summed E-state index contributed by atoms with van der Waals surface area (Å²) in [7, 11) is 4.32. The first kappa shape index (κ1) is 15.9. The Labute approximate surface area is 112 Å². The average Bonchev–Trinajstić information content (AvgIpc) is 2.28. The van der Waals surface area contributed by atoms with Crippen molar-refractivity contribution in [1.82, 2.24) is 15.1 Å². The van der Waals surface area contributed by atoms with E-state index in [1.807, 2.05) is 0 Å². The summed E-state index contributed by atoms with van der Waals surface area (Å²) in [5, 5.41) is 13.1. The lowest BCUT2D eigenvalue weighted by Gasteiger charge is -2.41. The molecule has 4 nitrogen and oxygen atoms in total. The topological polar surface area (TPSA) is 38.7 Å². The van der Waals surface area contributed by atoms with E-state index in [-0.39, 0.29) is 12.1 Å². The van der Waals surface area contributed by atoms with Crippen molar-refractivity contribution in [3.63, 3.8) is 0 Å². The molecule has 1 rings (SSSR count). The maximum Gasteiger partial charge on any atom is 0.0623 e. The van der Waals surface area contributed by atoms with E-state index in [1.54, 1.807) is 0 Å². The highest BCUT2D eigenvalue weighted by Crippen LogP contribution is 2.17. The largest absolute Gasteiger partial charge is 0.394 e. The van der Waals surface area contributed by atoms with E-state index < -0.39 is 0 Å². The van der Waals surface area contributed by atoms with Crippen molar-refractivity contribution in [2.24, 2.45) is 0 Å². The molecule has 0 spiro atoms. The number of hydrogen-bond acceptors (Lipinski definition) is 4. The van der Waals surface area contributed by atoms with Crippen molar-refractivity contribution in [3.8, 4) is 0 Å². The highest BCUT2D eigenvalue weighted by Gasteiger charge is 2.30. The van der Waals surface area contributed by atoms with Crippen LogP contribution in [-0.4, -0.2) is 72.9 Å². The van der Waals surface area contributed by atoms with Gasteiger partial charge in [-0.05, 0) is 40.4 Å². The van der Waals surface area contributed by atoms with Gasteiger partial charge in [0, 0.05) is 25.2 Å². The minimum absolute atomic E-state index is 0.189. The van der Waals surface area contributed by atoms with E-state index in [1.165, 1.54) is 12.8 Å². The van der Waals surface area contributed by atoms with Crippen LogP contribution in [0.15, 0.2) is 0 Å². The van der Waals surface area contributed by atoms with Gasteiger partial charge in [0.2, 0.25) is 0 Å². The van der Waals surface area contributed by atoms with Crippen LogP contribution in [0.1, 0.15) is 33.6 Å². The van der Waals surface area contributed by atoms with Crippen molar-refractivity contribution < 1.29 is 5.11 Å². The van der Waals surface area contributed by atoms with Gasteiger partial charge in [-0.15, -0.1) is 0 Å². The Bertz CT molecular complexity index is 245. The summed E-state index contributed by atoms with van der Waals surface area (Å²) < 4.78 is 0. The first-order valence-electron chi connectivity index (χ1n) is 7.13. The SMILES string of the molecule is CC(C)NC(C)(CO)CN1CCCC(N(C)C)C1. The summed E-state index contributed by atoms with van der Waals surface area (Å²) in [6, 6.07) is 1.05. The van der Waals surface area contributed by atoms with Crippen molar-refractivity contribution >= 4 is 0 Å². The third kappa shape index (κ3) is 4.84. The maximum absolute atomic E-state index is 9.64. The summed E-state index contributed by atoms with van der Waals surface area (Å²) in [4.78, 5) is 4.80.